The van der Waals surface area contributed by atoms with Crippen molar-refractivity contribution in [1.82, 2.24) is 14.8 Å². The van der Waals surface area contributed by atoms with Crippen molar-refractivity contribution >= 4 is 35.1 Å². The number of aliphatic hydroxyl groups is 1. The Labute approximate surface area is 184 Å². The molecule has 1 aliphatic rings. The van der Waals surface area contributed by atoms with Gasteiger partial charge in [0.15, 0.2) is 11.1 Å². The molecule has 180 valence electrons. The molecule has 2 heterocycles. The number of aromatic nitrogens is 3. The van der Waals surface area contributed by atoms with Crippen LogP contribution in [0, 0.1) is 12.0 Å². The van der Waals surface area contributed by atoms with Crippen molar-refractivity contribution < 1.29 is 59.0 Å². The van der Waals surface area contributed by atoms with Gasteiger partial charge in [-0.05, 0) is 5.92 Å². The third kappa shape index (κ3) is 6.56. The molecule has 6 atom stereocenters. The van der Waals surface area contributed by atoms with E-state index in [1.807, 2.05) is 5.92 Å². The summed E-state index contributed by atoms with van der Waals surface area (Å²) in [7, 11) is -17.8. The minimum Gasteiger partial charge on any atom is -0.387 e. The molecule has 1 aromatic heterocycles. The fourth-order valence-electron chi connectivity index (χ4n) is 2.20. The van der Waals surface area contributed by atoms with Gasteiger partial charge in [-0.1, -0.05) is 11.6 Å². The minimum atomic E-state index is -6.05. The number of halogens is 1. The highest BCUT2D eigenvalue weighted by Crippen LogP contribution is 2.66. The summed E-state index contributed by atoms with van der Waals surface area (Å²) in [4.78, 5) is 58.4. The van der Waals surface area contributed by atoms with Gasteiger partial charge >= 0.3 is 29.2 Å². The molecule has 22 heteroatoms. The zero-order valence-corrected chi connectivity index (χ0v) is 18.4. The Morgan fingerprint density at radius 3 is 2.47 bits per heavy atom. The number of phosphoric acid groups is 3. The molecule has 0 spiro atoms. The SMILES string of the molecule is [2H]C([2H])(OP(=O)(O)OP(=O)(O)OP(=O)(O)O)[C@H]1O[C@@H](n2ncc(=O)[nH]c2=O)C(Cl)(C#CN)[C@H]1O. The first-order valence-corrected chi connectivity index (χ1v) is 12.4. The van der Waals surface area contributed by atoms with Gasteiger partial charge in [0.2, 0.25) is 0 Å². The standard InChI is InChI=1S/C10H14ClN4O14P3/c11-10(1-2-12)7(17)5(27-8(10)15-9(18)14-6(16)3-13-15)4-26-31(22,23)29-32(24,25)28-30(19,20)21/h3,5,7-8,17H,4,12H2,(H,22,23)(H,24,25)(H,14,16,18)(H2,19,20,21)/t5-,7+,8-,10?/m1/s1/i4D2. The number of ether oxygens (including phenoxy) is 1. The highest BCUT2D eigenvalue weighted by Gasteiger charge is 2.57. The first-order valence-electron chi connectivity index (χ1n) is 8.51. The molecule has 0 amide bonds. The zero-order chi connectivity index (χ0) is 26.3. The van der Waals surface area contributed by atoms with Crippen molar-refractivity contribution in [2.45, 2.75) is 23.3 Å². The van der Waals surface area contributed by atoms with Crippen LogP contribution in [0.4, 0.5) is 0 Å². The summed E-state index contributed by atoms with van der Waals surface area (Å²) in [6, 6.07) is 1.79. The molecule has 1 aliphatic heterocycles. The largest absolute Gasteiger partial charge is 0.490 e. The highest BCUT2D eigenvalue weighted by atomic mass is 35.5. The monoisotopic (exact) mass is 544 g/mol. The maximum atomic E-state index is 12.1. The number of nitrogens with two attached hydrogens (primary N) is 1. The molecule has 2 rings (SSSR count). The fourth-order valence-corrected chi connectivity index (χ4v) is 5.39. The number of hydrogen-bond donors (Lipinski definition) is 7. The first-order chi connectivity index (χ1) is 15.2. The topological polar surface area (TPSA) is 283 Å². The smallest absolute Gasteiger partial charge is 0.387 e. The van der Waals surface area contributed by atoms with Crippen molar-refractivity contribution in [2.24, 2.45) is 5.73 Å². The second-order valence-electron chi connectivity index (χ2n) is 5.57. The van der Waals surface area contributed by atoms with E-state index in [1.54, 1.807) is 11.0 Å². The van der Waals surface area contributed by atoms with Gasteiger partial charge in [0.1, 0.15) is 18.4 Å². The summed E-state index contributed by atoms with van der Waals surface area (Å²) < 4.78 is 66.2. The van der Waals surface area contributed by atoms with Gasteiger partial charge < -0.3 is 35.2 Å². The Hall–Kier alpha value is -1.41. The van der Waals surface area contributed by atoms with Gasteiger partial charge in [-0.15, -0.1) is 0 Å². The van der Waals surface area contributed by atoms with Crippen molar-refractivity contribution in [3.63, 3.8) is 0 Å². The van der Waals surface area contributed by atoms with Crippen LogP contribution in [0.3, 0.4) is 0 Å². The van der Waals surface area contributed by atoms with Gasteiger partial charge in [-0.25, -0.2) is 18.5 Å². The van der Waals surface area contributed by atoms with Crippen LogP contribution in [-0.2, 0) is 31.6 Å². The van der Waals surface area contributed by atoms with Crippen LogP contribution in [-0.4, -0.2) is 63.1 Å². The van der Waals surface area contributed by atoms with Gasteiger partial charge in [0, 0.05) is 6.04 Å². The summed E-state index contributed by atoms with van der Waals surface area (Å²) in [6.45, 7) is -3.66. The second kappa shape index (κ2) is 9.45. The summed E-state index contributed by atoms with van der Waals surface area (Å²) in [5.74, 6) is 2.04. The van der Waals surface area contributed by atoms with Crippen LogP contribution in [0.2, 0.25) is 0 Å². The molecule has 1 aromatic rings. The van der Waals surface area contributed by atoms with Crippen LogP contribution in [0.5, 0.6) is 0 Å². The predicted octanol–water partition coefficient (Wildman–Crippen LogP) is -2.57. The number of aliphatic hydroxyl groups excluding tert-OH is 1. The summed E-state index contributed by atoms with van der Waals surface area (Å²) in [5.41, 5.74) is 2.87. The Morgan fingerprint density at radius 2 is 1.94 bits per heavy atom. The average Bonchev–Trinajstić information content (AvgIpc) is 2.83. The number of nitrogens with one attached hydrogen (secondary N) is 1. The molecule has 3 unspecified atom stereocenters. The minimum absolute atomic E-state index is 0.322. The van der Waals surface area contributed by atoms with Gasteiger partial charge in [-0.3, -0.25) is 14.3 Å². The molecule has 18 nitrogen and oxygen atoms in total. The summed E-state index contributed by atoms with van der Waals surface area (Å²) in [5, 5.41) is 14.0. The predicted molar refractivity (Wildman–Crippen MR) is 99.4 cm³/mol. The number of H-pyrrole nitrogens is 1. The molecular formula is C10H14ClN4O14P3. The number of aromatic amines is 1. The van der Waals surface area contributed by atoms with E-state index in [1.165, 1.54) is 0 Å². The highest BCUT2D eigenvalue weighted by molar-refractivity contribution is 7.66. The number of phosphoric ester groups is 1. The van der Waals surface area contributed by atoms with Crippen LogP contribution in [0.15, 0.2) is 15.8 Å². The Kier molecular flexibility index (Phi) is 7.01. The molecule has 0 aliphatic carbocycles. The summed E-state index contributed by atoms with van der Waals surface area (Å²) in [6.07, 6.45) is -6.19. The van der Waals surface area contributed by atoms with E-state index < -0.39 is 64.6 Å². The number of rotatable bonds is 8. The van der Waals surface area contributed by atoms with Crippen LogP contribution in [0.25, 0.3) is 0 Å². The lowest BCUT2D eigenvalue weighted by Gasteiger charge is -2.24. The number of alkyl halides is 1. The molecular weight excluding hydrogens is 528 g/mol. The third-order valence-corrected chi connectivity index (χ3v) is 7.44. The molecule has 8 N–H and O–H groups in total. The van der Waals surface area contributed by atoms with Crippen LogP contribution >= 0.6 is 35.1 Å². The van der Waals surface area contributed by atoms with E-state index in [4.69, 9.17) is 34.6 Å². The lowest BCUT2D eigenvalue weighted by atomic mass is 9.99. The van der Waals surface area contributed by atoms with Crippen molar-refractivity contribution in [2.75, 3.05) is 6.56 Å². The van der Waals surface area contributed by atoms with Crippen molar-refractivity contribution in [1.29, 1.82) is 0 Å². The van der Waals surface area contributed by atoms with Gasteiger partial charge in [0.05, 0.1) is 9.30 Å². The van der Waals surface area contributed by atoms with Gasteiger partial charge in [-0.2, -0.15) is 18.4 Å². The molecule has 1 saturated heterocycles. The average molecular weight is 545 g/mol. The fraction of sp³-hybridized carbons (Fsp3) is 0.500. The van der Waals surface area contributed by atoms with E-state index in [-0.39, 0.29) is 0 Å². The van der Waals surface area contributed by atoms with Crippen molar-refractivity contribution in [3.8, 4) is 12.0 Å². The molecule has 0 radical (unpaired) electrons. The lowest BCUT2D eigenvalue weighted by molar-refractivity contribution is -0.0504. The molecule has 32 heavy (non-hydrogen) atoms. The van der Waals surface area contributed by atoms with Crippen molar-refractivity contribution in [3.05, 3.63) is 27.0 Å². The van der Waals surface area contributed by atoms with E-state index >= 15 is 0 Å². The van der Waals surface area contributed by atoms with E-state index in [9.17, 15) is 38.2 Å². The molecule has 0 aromatic carbocycles. The normalized spacial score (nSPS) is 30.9. The van der Waals surface area contributed by atoms with E-state index in [0.717, 1.165) is 0 Å². The maximum absolute atomic E-state index is 12.1. The van der Waals surface area contributed by atoms with Gasteiger partial charge in [0.25, 0.3) is 5.56 Å². The quantitative estimate of drug-likeness (QED) is 0.0765. The molecule has 0 saturated carbocycles. The molecule has 1 fully saturated rings. The Bertz CT molecular complexity index is 1270. The lowest BCUT2D eigenvalue weighted by Crippen LogP contribution is -2.45. The van der Waals surface area contributed by atoms with Crippen LogP contribution in [0.1, 0.15) is 8.97 Å². The zero-order valence-electron chi connectivity index (χ0n) is 16.9. The van der Waals surface area contributed by atoms with E-state index in [2.05, 4.69) is 18.2 Å². The summed E-state index contributed by atoms with van der Waals surface area (Å²) >= 11 is 6.19. The second-order valence-corrected chi connectivity index (χ2v) is 10.5. The first kappa shape index (κ1) is 23.7. The number of nitrogens with zero attached hydrogens (tertiary/aromatic N) is 2. The van der Waals surface area contributed by atoms with E-state index in [0.29, 0.717) is 10.9 Å². The van der Waals surface area contributed by atoms with Crippen LogP contribution < -0.4 is 17.0 Å². The Morgan fingerprint density at radius 1 is 1.31 bits per heavy atom. The molecule has 0 bridgehead atoms. The Balaban J connectivity index is 2.41. The number of hydrogen-bond acceptors (Lipinski definition) is 12. The third-order valence-electron chi connectivity index (χ3n) is 3.28. The maximum Gasteiger partial charge on any atom is 0.490 e.